The van der Waals surface area contributed by atoms with E-state index >= 15 is 0 Å². The summed E-state index contributed by atoms with van der Waals surface area (Å²) in [6.45, 7) is 8.76. The molecule has 3 heteroatoms. The SMILES string of the molecule is CN(C)C#CC(=O)c1cc2c(cc1O)C(C)(C)CCC2(C)C. The van der Waals surface area contributed by atoms with E-state index in [0.29, 0.717) is 5.56 Å². The van der Waals surface area contributed by atoms with Crippen LogP contribution in [0.4, 0.5) is 0 Å². The Labute approximate surface area is 133 Å². The maximum Gasteiger partial charge on any atom is 0.241 e. The third kappa shape index (κ3) is 2.97. The minimum absolute atomic E-state index is 0.00254. The molecule has 0 heterocycles. The molecule has 0 aromatic heterocycles. The first kappa shape index (κ1) is 16.4. The van der Waals surface area contributed by atoms with E-state index in [1.165, 1.54) is 0 Å². The number of benzene rings is 1. The van der Waals surface area contributed by atoms with Gasteiger partial charge in [-0.1, -0.05) is 27.7 Å². The Kier molecular flexibility index (Phi) is 4.00. The van der Waals surface area contributed by atoms with E-state index in [1.807, 2.05) is 6.07 Å². The fourth-order valence-electron chi connectivity index (χ4n) is 3.01. The predicted octanol–water partition coefficient (Wildman–Crippen LogP) is 3.45. The van der Waals surface area contributed by atoms with Gasteiger partial charge in [-0.15, -0.1) is 0 Å². The topological polar surface area (TPSA) is 40.5 Å². The number of phenols is 1. The van der Waals surface area contributed by atoms with Crippen molar-refractivity contribution >= 4 is 5.78 Å². The van der Waals surface area contributed by atoms with Gasteiger partial charge in [0.2, 0.25) is 5.78 Å². The third-order valence-electron chi connectivity index (χ3n) is 4.61. The van der Waals surface area contributed by atoms with Crippen LogP contribution in [0.5, 0.6) is 5.75 Å². The molecular weight excluding hydrogens is 274 g/mol. The van der Waals surface area contributed by atoms with Crippen molar-refractivity contribution < 1.29 is 9.90 Å². The fraction of sp³-hybridized carbons (Fsp3) is 0.526. The molecule has 1 aliphatic rings. The van der Waals surface area contributed by atoms with Crippen molar-refractivity contribution in [3.63, 3.8) is 0 Å². The smallest absolute Gasteiger partial charge is 0.241 e. The summed E-state index contributed by atoms with van der Waals surface area (Å²) >= 11 is 0. The average molecular weight is 299 g/mol. The van der Waals surface area contributed by atoms with Crippen molar-refractivity contribution in [2.45, 2.75) is 51.4 Å². The molecule has 0 amide bonds. The minimum Gasteiger partial charge on any atom is -0.507 e. The number of Topliss-reactive ketones (excluding diaryl/α,β-unsaturated/α-hetero) is 1. The number of phenolic OH excluding ortho intramolecular Hbond substituents is 1. The molecule has 3 nitrogen and oxygen atoms in total. The molecule has 0 saturated heterocycles. The number of carbonyl (C=O) groups is 1. The van der Waals surface area contributed by atoms with E-state index in [0.717, 1.165) is 24.0 Å². The van der Waals surface area contributed by atoms with Gasteiger partial charge in [-0.3, -0.25) is 4.79 Å². The summed E-state index contributed by atoms with van der Waals surface area (Å²) in [7, 11) is 3.55. The second kappa shape index (κ2) is 5.35. The Bertz CT molecular complexity index is 673. The third-order valence-corrected chi connectivity index (χ3v) is 4.61. The van der Waals surface area contributed by atoms with Gasteiger partial charge in [-0.05, 0) is 46.9 Å². The quantitative estimate of drug-likeness (QED) is 0.490. The first-order valence-electron chi connectivity index (χ1n) is 7.66. The van der Waals surface area contributed by atoms with Gasteiger partial charge in [0.25, 0.3) is 0 Å². The lowest BCUT2D eigenvalue weighted by atomic mass is 9.63. The Morgan fingerprint density at radius 2 is 1.59 bits per heavy atom. The number of hydrogen-bond acceptors (Lipinski definition) is 3. The van der Waals surface area contributed by atoms with Crippen LogP contribution in [0.15, 0.2) is 12.1 Å². The van der Waals surface area contributed by atoms with Gasteiger partial charge in [0.1, 0.15) is 5.75 Å². The van der Waals surface area contributed by atoms with Crippen LogP contribution in [0.25, 0.3) is 0 Å². The highest BCUT2D eigenvalue weighted by atomic mass is 16.3. The predicted molar refractivity (Wildman–Crippen MR) is 89.2 cm³/mol. The van der Waals surface area contributed by atoms with Gasteiger partial charge in [0.05, 0.1) is 5.56 Å². The monoisotopic (exact) mass is 299 g/mol. The molecule has 0 saturated carbocycles. The zero-order chi connectivity index (χ0) is 16.7. The van der Waals surface area contributed by atoms with Gasteiger partial charge < -0.3 is 10.0 Å². The van der Waals surface area contributed by atoms with Crippen molar-refractivity contribution in [3.05, 3.63) is 28.8 Å². The Morgan fingerprint density at radius 3 is 2.09 bits per heavy atom. The zero-order valence-corrected chi connectivity index (χ0v) is 14.4. The lowest BCUT2D eigenvalue weighted by molar-refractivity contribution is 0.105. The molecule has 118 valence electrons. The zero-order valence-electron chi connectivity index (χ0n) is 14.4. The Hall–Kier alpha value is -1.95. The molecule has 0 aliphatic heterocycles. The van der Waals surface area contributed by atoms with Crippen molar-refractivity contribution in [2.75, 3.05) is 14.1 Å². The number of aromatic hydroxyl groups is 1. The Balaban J connectivity index is 2.58. The molecule has 2 rings (SSSR count). The maximum atomic E-state index is 12.3. The first-order chi connectivity index (χ1) is 10.0. The summed E-state index contributed by atoms with van der Waals surface area (Å²) in [6, 6.07) is 6.32. The number of ketones is 1. The standard InChI is InChI=1S/C19H25NO2/c1-18(2)8-9-19(3,4)15-12-17(22)13(11-14(15)18)16(21)7-10-20(5)6/h11-12,22H,8-9H2,1-6H3. The summed E-state index contributed by atoms with van der Waals surface area (Å²) in [6.07, 6.45) is 2.13. The van der Waals surface area contributed by atoms with Crippen LogP contribution in [0.2, 0.25) is 0 Å². The van der Waals surface area contributed by atoms with E-state index in [4.69, 9.17) is 0 Å². The summed E-state index contributed by atoms with van der Waals surface area (Å²) in [5, 5.41) is 10.3. The van der Waals surface area contributed by atoms with Gasteiger partial charge in [0.15, 0.2) is 0 Å². The molecule has 0 unspecified atom stereocenters. The van der Waals surface area contributed by atoms with Crippen molar-refractivity contribution in [1.29, 1.82) is 0 Å². The van der Waals surface area contributed by atoms with Gasteiger partial charge >= 0.3 is 0 Å². The minimum atomic E-state index is -0.340. The number of nitrogens with zero attached hydrogens (tertiary/aromatic N) is 1. The molecule has 22 heavy (non-hydrogen) atoms. The van der Waals surface area contributed by atoms with Crippen molar-refractivity contribution in [3.8, 4) is 17.7 Å². The van der Waals surface area contributed by atoms with Crippen LogP contribution in [-0.2, 0) is 10.8 Å². The lowest BCUT2D eigenvalue weighted by Gasteiger charge is -2.42. The van der Waals surface area contributed by atoms with Crippen LogP contribution in [0, 0.1) is 12.0 Å². The largest absolute Gasteiger partial charge is 0.507 e. The highest BCUT2D eigenvalue weighted by Crippen LogP contribution is 2.47. The van der Waals surface area contributed by atoms with E-state index in [2.05, 4.69) is 39.7 Å². The Morgan fingerprint density at radius 1 is 1.09 bits per heavy atom. The fourth-order valence-corrected chi connectivity index (χ4v) is 3.01. The summed E-state index contributed by atoms with van der Waals surface area (Å²) in [5.74, 6) is 2.26. The van der Waals surface area contributed by atoms with E-state index in [-0.39, 0.29) is 22.4 Å². The van der Waals surface area contributed by atoms with Gasteiger partial charge in [0, 0.05) is 26.1 Å². The molecule has 0 spiro atoms. The van der Waals surface area contributed by atoms with Crippen LogP contribution >= 0.6 is 0 Å². The van der Waals surface area contributed by atoms with Crippen molar-refractivity contribution in [2.24, 2.45) is 0 Å². The maximum absolute atomic E-state index is 12.3. The number of carbonyl (C=O) groups excluding carboxylic acids is 1. The lowest BCUT2D eigenvalue weighted by Crippen LogP contribution is -2.34. The molecule has 1 aromatic rings. The molecule has 1 aliphatic carbocycles. The van der Waals surface area contributed by atoms with Crippen LogP contribution in [0.1, 0.15) is 62.0 Å². The molecule has 0 bridgehead atoms. The van der Waals surface area contributed by atoms with E-state index in [1.54, 1.807) is 25.1 Å². The average Bonchev–Trinajstić information content (AvgIpc) is 2.41. The number of hydrogen-bond donors (Lipinski definition) is 1. The molecule has 1 aromatic carbocycles. The molecule has 0 radical (unpaired) electrons. The van der Waals surface area contributed by atoms with Gasteiger partial charge in [-0.2, -0.15) is 0 Å². The summed E-state index contributed by atoms with van der Waals surface area (Å²) in [4.78, 5) is 13.9. The molecule has 1 N–H and O–H groups in total. The molecule has 0 fully saturated rings. The van der Waals surface area contributed by atoms with E-state index < -0.39 is 0 Å². The van der Waals surface area contributed by atoms with E-state index in [9.17, 15) is 9.90 Å². The van der Waals surface area contributed by atoms with Gasteiger partial charge in [-0.25, -0.2) is 0 Å². The highest BCUT2D eigenvalue weighted by molar-refractivity contribution is 6.10. The van der Waals surface area contributed by atoms with Crippen molar-refractivity contribution in [1.82, 2.24) is 4.90 Å². The highest BCUT2D eigenvalue weighted by Gasteiger charge is 2.38. The van der Waals surface area contributed by atoms with Crippen LogP contribution < -0.4 is 0 Å². The molecular formula is C19H25NO2. The summed E-state index contributed by atoms with van der Waals surface area (Å²) < 4.78 is 0. The summed E-state index contributed by atoms with van der Waals surface area (Å²) in [5.41, 5.74) is 2.61. The van der Waals surface area contributed by atoms with Crippen LogP contribution in [0.3, 0.4) is 0 Å². The first-order valence-corrected chi connectivity index (χ1v) is 7.66. The second-order valence-electron chi connectivity index (χ2n) is 7.64. The second-order valence-corrected chi connectivity index (χ2v) is 7.64. The molecule has 0 atom stereocenters. The van der Waals surface area contributed by atoms with Crippen LogP contribution in [-0.4, -0.2) is 29.9 Å². The normalized spacial score (nSPS) is 17.9. The number of rotatable bonds is 1. The number of fused-ring (bicyclic) bond motifs is 1.